The Balaban J connectivity index is 1.60. The highest BCUT2D eigenvalue weighted by Gasteiger charge is 2.36. The van der Waals surface area contributed by atoms with Gasteiger partial charge in [-0.1, -0.05) is 26.0 Å². The van der Waals surface area contributed by atoms with E-state index in [2.05, 4.69) is 79.0 Å². The second-order valence-electron chi connectivity index (χ2n) is 9.36. The maximum absolute atomic E-state index is 13.7. The number of rotatable bonds is 2. The van der Waals surface area contributed by atoms with Crippen LogP contribution >= 0.6 is 11.3 Å². The van der Waals surface area contributed by atoms with E-state index in [0.29, 0.717) is 12.5 Å². The highest BCUT2D eigenvalue weighted by Crippen LogP contribution is 2.44. The fourth-order valence-corrected chi connectivity index (χ4v) is 6.58. The quantitative estimate of drug-likeness (QED) is 0.475. The Labute approximate surface area is 188 Å². The summed E-state index contributed by atoms with van der Waals surface area (Å²) in [5, 5.41) is 4.56. The van der Waals surface area contributed by atoms with E-state index in [9.17, 15) is 4.79 Å². The average Bonchev–Trinajstić information content (AvgIpc) is 3.32. The van der Waals surface area contributed by atoms with Gasteiger partial charge in [0.05, 0.1) is 12.6 Å². The minimum absolute atomic E-state index is 0.0104. The fraction of sp³-hybridized carbons (Fsp3) is 0.423. The maximum atomic E-state index is 13.7. The summed E-state index contributed by atoms with van der Waals surface area (Å²) in [7, 11) is 0. The number of carbonyl (C=O) groups excluding carboxylic acids is 1. The first-order valence-electron chi connectivity index (χ1n) is 11.4. The first kappa shape index (κ1) is 20.4. The molecule has 1 N–H and O–H groups in total. The lowest BCUT2D eigenvalue weighted by Crippen LogP contribution is -2.39. The Morgan fingerprint density at radius 2 is 1.94 bits per heavy atom. The molecule has 5 heteroatoms. The molecule has 3 aromatic rings. The largest absolute Gasteiger partial charge is 0.322 e. The molecule has 3 heterocycles. The van der Waals surface area contributed by atoms with Crippen LogP contribution in [0.4, 0.5) is 10.5 Å². The second-order valence-corrected chi connectivity index (χ2v) is 10.4. The smallest absolute Gasteiger partial charge is 0.311 e. The first-order valence-corrected chi connectivity index (χ1v) is 12.2. The zero-order valence-electron chi connectivity index (χ0n) is 18.9. The van der Waals surface area contributed by atoms with Crippen LogP contribution in [0.2, 0.25) is 0 Å². The Morgan fingerprint density at radius 1 is 1.13 bits per heavy atom. The number of amides is 2. The van der Waals surface area contributed by atoms with Crippen molar-refractivity contribution in [2.45, 2.75) is 66.0 Å². The highest BCUT2D eigenvalue weighted by atomic mass is 32.1. The summed E-state index contributed by atoms with van der Waals surface area (Å²) in [6, 6.07) is 10.6. The van der Waals surface area contributed by atoms with Gasteiger partial charge in [0.1, 0.15) is 5.00 Å². The minimum atomic E-state index is -0.0104. The number of aryl methyl sites for hydroxylation is 3. The lowest BCUT2D eigenvalue weighted by atomic mass is 9.94. The summed E-state index contributed by atoms with van der Waals surface area (Å²) in [4.78, 5) is 17.3. The van der Waals surface area contributed by atoms with E-state index in [4.69, 9.17) is 0 Å². The summed E-state index contributed by atoms with van der Waals surface area (Å²) in [5.41, 5.74) is 7.21. The molecule has 5 rings (SSSR count). The van der Waals surface area contributed by atoms with Gasteiger partial charge in [0, 0.05) is 28.0 Å². The summed E-state index contributed by atoms with van der Waals surface area (Å²) in [5.74, 6) is 0.308. The number of hydrogen-bond acceptors (Lipinski definition) is 2. The molecule has 31 heavy (non-hydrogen) atoms. The molecule has 1 unspecified atom stereocenters. The zero-order valence-corrected chi connectivity index (χ0v) is 19.7. The molecule has 1 aliphatic carbocycles. The van der Waals surface area contributed by atoms with Gasteiger partial charge in [-0.3, -0.25) is 0 Å². The summed E-state index contributed by atoms with van der Waals surface area (Å²) in [6.45, 7) is 9.22. The number of urea groups is 1. The molecular formula is C26H31N3OS. The number of nitrogens with zero attached hydrogens (tertiary/aromatic N) is 2. The molecule has 4 nitrogen and oxygen atoms in total. The molecule has 2 aromatic heterocycles. The molecule has 2 aliphatic rings. The fourth-order valence-electron chi connectivity index (χ4n) is 5.18. The van der Waals surface area contributed by atoms with Crippen molar-refractivity contribution in [3.05, 3.63) is 69.4 Å². The van der Waals surface area contributed by atoms with Crippen molar-refractivity contribution in [3.8, 4) is 5.00 Å². The van der Waals surface area contributed by atoms with Gasteiger partial charge in [0.2, 0.25) is 0 Å². The van der Waals surface area contributed by atoms with Crippen molar-refractivity contribution in [3.63, 3.8) is 0 Å². The van der Waals surface area contributed by atoms with Gasteiger partial charge in [-0.25, -0.2) is 4.79 Å². The van der Waals surface area contributed by atoms with Crippen LogP contribution in [0.5, 0.6) is 0 Å². The number of benzene rings is 1. The van der Waals surface area contributed by atoms with Gasteiger partial charge in [0.15, 0.2) is 0 Å². The molecule has 162 valence electrons. The number of aromatic nitrogens is 1. The standard InChI is InChI=1S/C26H31N3OS/c1-16(2)24-22-9-7-13-28(22)25-20(19-8-5-6-10-23(19)31-25)15-29(24)26(30)27-21-14-17(3)11-12-18(21)4/h7,9,11-14,16,24H,5-6,8,10,15H2,1-4H3,(H,27,30). The van der Waals surface area contributed by atoms with E-state index in [0.717, 1.165) is 23.2 Å². The van der Waals surface area contributed by atoms with E-state index < -0.39 is 0 Å². The van der Waals surface area contributed by atoms with Crippen molar-refractivity contribution < 1.29 is 4.79 Å². The van der Waals surface area contributed by atoms with Crippen molar-refractivity contribution >= 4 is 23.1 Å². The summed E-state index contributed by atoms with van der Waals surface area (Å²) >= 11 is 1.94. The van der Waals surface area contributed by atoms with E-state index >= 15 is 0 Å². The molecule has 0 saturated carbocycles. The van der Waals surface area contributed by atoms with Gasteiger partial charge in [-0.15, -0.1) is 11.3 Å². The van der Waals surface area contributed by atoms with Crippen molar-refractivity contribution in [1.29, 1.82) is 0 Å². The molecule has 1 aromatic carbocycles. The van der Waals surface area contributed by atoms with Crippen LogP contribution in [0.15, 0.2) is 36.5 Å². The van der Waals surface area contributed by atoms with Gasteiger partial charge >= 0.3 is 6.03 Å². The van der Waals surface area contributed by atoms with Crippen molar-refractivity contribution in [2.75, 3.05) is 5.32 Å². The van der Waals surface area contributed by atoms with Crippen LogP contribution in [-0.4, -0.2) is 15.5 Å². The Hall–Kier alpha value is -2.53. The third-order valence-corrected chi connectivity index (χ3v) is 8.09. The lowest BCUT2D eigenvalue weighted by molar-refractivity contribution is 0.161. The Bertz CT molecular complexity index is 1140. The Morgan fingerprint density at radius 3 is 2.74 bits per heavy atom. The number of nitrogens with one attached hydrogen (secondary N) is 1. The molecular weight excluding hydrogens is 402 g/mol. The van der Waals surface area contributed by atoms with Crippen LogP contribution in [-0.2, 0) is 19.4 Å². The van der Waals surface area contributed by atoms with Crippen LogP contribution in [0.25, 0.3) is 5.00 Å². The maximum Gasteiger partial charge on any atom is 0.322 e. The molecule has 1 atom stereocenters. The number of fused-ring (bicyclic) bond motifs is 5. The monoisotopic (exact) mass is 433 g/mol. The normalized spacial score (nSPS) is 17.7. The van der Waals surface area contributed by atoms with E-state index in [1.165, 1.54) is 46.0 Å². The minimum Gasteiger partial charge on any atom is -0.311 e. The summed E-state index contributed by atoms with van der Waals surface area (Å²) in [6.07, 6.45) is 7.01. The van der Waals surface area contributed by atoms with E-state index in [1.54, 1.807) is 0 Å². The molecule has 0 spiro atoms. The van der Waals surface area contributed by atoms with Crippen molar-refractivity contribution in [2.24, 2.45) is 5.92 Å². The molecule has 0 radical (unpaired) electrons. The van der Waals surface area contributed by atoms with E-state index in [1.807, 2.05) is 11.3 Å². The predicted molar refractivity (Wildman–Crippen MR) is 128 cm³/mol. The first-order chi connectivity index (χ1) is 14.9. The molecule has 2 amide bonds. The third kappa shape index (κ3) is 3.49. The van der Waals surface area contributed by atoms with Gasteiger partial charge in [0.25, 0.3) is 0 Å². The van der Waals surface area contributed by atoms with Crippen LogP contribution < -0.4 is 5.32 Å². The van der Waals surface area contributed by atoms with E-state index in [-0.39, 0.29) is 12.1 Å². The number of carbonyl (C=O) groups is 1. The number of anilines is 1. The van der Waals surface area contributed by atoms with Gasteiger partial charge in [-0.05, 0) is 80.3 Å². The van der Waals surface area contributed by atoms with Crippen LogP contribution in [0, 0.1) is 19.8 Å². The summed E-state index contributed by atoms with van der Waals surface area (Å²) < 4.78 is 2.36. The molecule has 0 bridgehead atoms. The van der Waals surface area contributed by atoms with Gasteiger partial charge < -0.3 is 14.8 Å². The second kappa shape index (κ2) is 7.86. The highest BCUT2D eigenvalue weighted by molar-refractivity contribution is 7.15. The van der Waals surface area contributed by atoms with Crippen molar-refractivity contribution in [1.82, 2.24) is 9.47 Å². The average molecular weight is 434 g/mol. The lowest BCUT2D eigenvalue weighted by Gasteiger charge is -2.33. The number of thiophene rings is 1. The topological polar surface area (TPSA) is 37.3 Å². The molecule has 0 saturated heterocycles. The number of hydrogen-bond donors (Lipinski definition) is 1. The predicted octanol–water partition coefficient (Wildman–Crippen LogP) is 6.78. The Kier molecular flexibility index (Phi) is 5.17. The SMILES string of the molecule is Cc1ccc(C)c(NC(=O)N2Cc3c(sc4c3CCCC4)-n3cccc3C2C(C)C)c1. The molecule has 0 fully saturated rings. The van der Waals surface area contributed by atoms with Crippen LogP contribution in [0.3, 0.4) is 0 Å². The van der Waals surface area contributed by atoms with Crippen LogP contribution in [0.1, 0.15) is 65.6 Å². The molecule has 1 aliphatic heterocycles. The third-order valence-electron chi connectivity index (χ3n) is 6.75. The van der Waals surface area contributed by atoms with Gasteiger partial charge in [-0.2, -0.15) is 0 Å². The zero-order chi connectivity index (χ0) is 21.7.